The summed E-state index contributed by atoms with van der Waals surface area (Å²) in [5.41, 5.74) is 2.70. The fourth-order valence-corrected chi connectivity index (χ4v) is 5.09. The summed E-state index contributed by atoms with van der Waals surface area (Å²) in [7, 11) is 0. The number of aromatic nitrogens is 2. The van der Waals surface area contributed by atoms with Crippen molar-refractivity contribution in [1.29, 1.82) is 0 Å². The molecule has 2 heterocycles. The fourth-order valence-electron chi connectivity index (χ4n) is 5.09. The number of hydrogen-bond donors (Lipinski definition) is 4. The molecule has 8 nitrogen and oxygen atoms in total. The number of phenolic OH excluding ortho intramolecular Hbond substituents is 1. The van der Waals surface area contributed by atoms with Gasteiger partial charge in [-0.05, 0) is 24.1 Å². The zero-order valence-corrected chi connectivity index (χ0v) is 18.9. The van der Waals surface area contributed by atoms with E-state index in [2.05, 4.69) is 15.3 Å². The van der Waals surface area contributed by atoms with Gasteiger partial charge in [-0.1, -0.05) is 42.5 Å². The second-order valence-corrected chi connectivity index (χ2v) is 9.01. The van der Waals surface area contributed by atoms with E-state index in [4.69, 9.17) is 4.74 Å². The molecule has 0 spiro atoms. The number of nitrogens with one attached hydrogen (secondary N) is 2. The molecule has 1 aliphatic heterocycles. The van der Waals surface area contributed by atoms with E-state index < -0.39 is 12.0 Å². The first-order valence-corrected chi connectivity index (χ1v) is 11.8. The second-order valence-electron chi connectivity index (χ2n) is 9.01. The number of phenols is 1. The quantitative estimate of drug-likeness (QED) is 0.447. The number of amides is 1. The molecule has 178 valence electrons. The Labute approximate surface area is 198 Å². The van der Waals surface area contributed by atoms with Crippen LogP contribution in [0.1, 0.15) is 23.6 Å². The van der Waals surface area contributed by atoms with Crippen molar-refractivity contribution >= 4 is 5.91 Å². The van der Waals surface area contributed by atoms with E-state index in [1.165, 1.54) is 0 Å². The van der Waals surface area contributed by atoms with Crippen molar-refractivity contribution in [3.8, 4) is 17.1 Å². The Balaban J connectivity index is 1.39. The van der Waals surface area contributed by atoms with Crippen molar-refractivity contribution in [2.45, 2.75) is 31.0 Å². The van der Waals surface area contributed by atoms with Crippen molar-refractivity contribution in [3.05, 3.63) is 72.1 Å². The Hall–Kier alpha value is -3.20. The van der Waals surface area contributed by atoms with E-state index in [-0.39, 0.29) is 23.6 Å². The number of morpholine rings is 1. The zero-order valence-electron chi connectivity index (χ0n) is 18.9. The average Bonchev–Trinajstić information content (AvgIpc) is 3.48. The van der Waals surface area contributed by atoms with E-state index in [1.807, 2.05) is 36.4 Å². The standard InChI is InChI=1S/C26H30N4O4/c31-19-8-4-5-17(13-19)15-27-21-14-20(26(33)30-9-11-34-12-10-30)24(32)23(21)22-16-28-25(29-22)18-6-2-1-3-7-18/h1-8,13,16,20-21,23-24,27,31-32H,9-12,14-15H2,(H,28,29)/t20-,21+,23+,24+/m0/s1. The average molecular weight is 463 g/mol. The summed E-state index contributed by atoms with van der Waals surface area (Å²) in [4.78, 5) is 23.0. The predicted molar refractivity (Wildman–Crippen MR) is 127 cm³/mol. The Bertz CT molecular complexity index is 1110. The maximum atomic E-state index is 13.3. The predicted octanol–water partition coefficient (Wildman–Crippen LogP) is 2.26. The smallest absolute Gasteiger partial charge is 0.228 e. The molecule has 1 saturated carbocycles. The number of nitrogens with zero attached hydrogens (tertiary/aromatic N) is 2. The summed E-state index contributed by atoms with van der Waals surface area (Å²) in [5.74, 6) is 0.0944. The number of carbonyl (C=O) groups is 1. The molecule has 4 N–H and O–H groups in total. The van der Waals surface area contributed by atoms with Crippen molar-refractivity contribution in [2.24, 2.45) is 5.92 Å². The first-order chi connectivity index (χ1) is 16.6. The topological polar surface area (TPSA) is 111 Å². The molecule has 34 heavy (non-hydrogen) atoms. The zero-order chi connectivity index (χ0) is 23.5. The van der Waals surface area contributed by atoms with Gasteiger partial charge in [-0.2, -0.15) is 0 Å². The van der Waals surface area contributed by atoms with Crippen molar-refractivity contribution in [1.82, 2.24) is 20.2 Å². The number of rotatable bonds is 6. The number of carbonyl (C=O) groups excluding carboxylic acids is 1. The van der Waals surface area contributed by atoms with Crippen LogP contribution >= 0.6 is 0 Å². The van der Waals surface area contributed by atoms with Gasteiger partial charge < -0.3 is 30.2 Å². The van der Waals surface area contributed by atoms with Crippen molar-refractivity contribution in [3.63, 3.8) is 0 Å². The lowest BCUT2D eigenvalue weighted by atomic mass is 9.95. The number of hydrogen-bond acceptors (Lipinski definition) is 6. The monoisotopic (exact) mass is 462 g/mol. The molecule has 3 aromatic rings. The van der Waals surface area contributed by atoms with Crippen LogP contribution in [-0.4, -0.2) is 69.4 Å². The van der Waals surface area contributed by atoms with Gasteiger partial charge in [-0.15, -0.1) is 0 Å². The lowest BCUT2D eigenvalue weighted by Crippen LogP contribution is -2.45. The fraction of sp³-hybridized carbons (Fsp3) is 0.385. The maximum Gasteiger partial charge on any atom is 0.228 e. The molecular weight excluding hydrogens is 432 g/mol. The first kappa shape index (κ1) is 22.6. The molecule has 0 bridgehead atoms. The Morgan fingerprint density at radius 3 is 2.71 bits per heavy atom. The van der Waals surface area contributed by atoms with E-state index in [0.717, 1.165) is 22.6 Å². The van der Waals surface area contributed by atoms with Gasteiger partial charge in [0.25, 0.3) is 0 Å². The van der Waals surface area contributed by atoms with Crippen LogP contribution in [-0.2, 0) is 16.1 Å². The molecule has 2 aromatic carbocycles. The van der Waals surface area contributed by atoms with Crippen LogP contribution in [0.2, 0.25) is 0 Å². The van der Waals surface area contributed by atoms with Crippen LogP contribution in [0.4, 0.5) is 0 Å². The third-order valence-corrected chi connectivity index (χ3v) is 6.84. The van der Waals surface area contributed by atoms with Crippen LogP contribution in [0, 0.1) is 5.92 Å². The molecule has 1 amide bonds. The Morgan fingerprint density at radius 2 is 1.94 bits per heavy atom. The number of aromatic amines is 1. The summed E-state index contributed by atoms with van der Waals surface area (Å²) in [6, 6.07) is 16.8. The maximum absolute atomic E-state index is 13.3. The number of imidazole rings is 1. The van der Waals surface area contributed by atoms with Gasteiger partial charge in [0.2, 0.25) is 5.91 Å². The van der Waals surface area contributed by atoms with Gasteiger partial charge in [0.15, 0.2) is 0 Å². The summed E-state index contributed by atoms with van der Waals surface area (Å²) in [6.45, 7) is 2.67. The number of aliphatic hydroxyl groups excluding tert-OH is 1. The minimum Gasteiger partial charge on any atom is -0.508 e. The molecule has 0 unspecified atom stereocenters. The van der Waals surface area contributed by atoms with E-state index in [9.17, 15) is 15.0 Å². The third-order valence-electron chi connectivity index (χ3n) is 6.84. The SMILES string of the molecule is O=C([C@H]1C[C@@H](NCc2cccc(O)c2)[C@H](c2cnc(-c3ccccc3)[nH]2)[C@@H]1O)N1CCOCC1. The van der Waals surface area contributed by atoms with Crippen LogP contribution in [0.3, 0.4) is 0 Å². The van der Waals surface area contributed by atoms with Crippen molar-refractivity contribution in [2.75, 3.05) is 26.3 Å². The molecule has 1 aliphatic carbocycles. The second kappa shape index (κ2) is 9.97. The number of aromatic hydroxyl groups is 1. The summed E-state index contributed by atoms with van der Waals surface area (Å²) in [6.07, 6.45) is 1.43. The van der Waals surface area contributed by atoms with Gasteiger partial charge in [0.05, 0.1) is 25.2 Å². The highest BCUT2D eigenvalue weighted by molar-refractivity contribution is 5.80. The van der Waals surface area contributed by atoms with Gasteiger partial charge in [0.1, 0.15) is 11.6 Å². The molecule has 5 rings (SSSR count). The number of benzene rings is 2. The van der Waals surface area contributed by atoms with Gasteiger partial charge >= 0.3 is 0 Å². The molecule has 1 aromatic heterocycles. The van der Waals surface area contributed by atoms with Gasteiger partial charge in [-0.3, -0.25) is 4.79 Å². The summed E-state index contributed by atoms with van der Waals surface area (Å²) >= 11 is 0. The van der Waals surface area contributed by atoms with Crippen LogP contribution in [0.15, 0.2) is 60.8 Å². The van der Waals surface area contributed by atoms with Crippen LogP contribution in [0.5, 0.6) is 5.75 Å². The van der Waals surface area contributed by atoms with E-state index >= 15 is 0 Å². The molecular formula is C26H30N4O4. The van der Waals surface area contributed by atoms with E-state index in [0.29, 0.717) is 39.3 Å². The van der Waals surface area contributed by atoms with Gasteiger partial charge in [-0.25, -0.2) is 4.98 Å². The Morgan fingerprint density at radius 1 is 1.15 bits per heavy atom. The normalized spacial score (nSPS) is 24.9. The van der Waals surface area contributed by atoms with Gasteiger partial charge in [0, 0.05) is 49.0 Å². The van der Waals surface area contributed by atoms with Crippen LogP contribution in [0.25, 0.3) is 11.4 Å². The molecule has 4 atom stereocenters. The van der Waals surface area contributed by atoms with Crippen LogP contribution < -0.4 is 5.32 Å². The van der Waals surface area contributed by atoms with E-state index in [1.54, 1.807) is 29.3 Å². The third kappa shape index (κ3) is 4.70. The number of aliphatic hydroxyl groups is 1. The number of ether oxygens (including phenoxy) is 1. The summed E-state index contributed by atoms with van der Waals surface area (Å²) in [5, 5.41) is 24.7. The Kier molecular flexibility index (Phi) is 6.62. The minimum atomic E-state index is -0.846. The summed E-state index contributed by atoms with van der Waals surface area (Å²) < 4.78 is 5.39. The molecule has 1 saturated heterocycles. The number of H-pyrrole nitrogens is 1. The molecule has 2 fully saturated rings. The molecule has 8 heteroatoms. The lowest BCUT2D eigenvalue weighted by Gasteiger charge is -2.30. The molecule has 0 radical (unpaired) electrons. The minimum absolute atomic E-state index is 0.0229. The highest BCUT2D eigenvalue weighted by Crippen LogP contribution is 2.40. The lowest BCUT2D eigenvalue weighted by molar-refractivity contribution is -0.142. The largest absolute Gasteiger partial charge is 0.508 e. The highest BCUT2D eigenvalue weighted by atomic mass is 16.5. The highest BCUT2D eigenvalue weighted by Gasteiger charge is 2.48. The van der Waals surface area contributed by atoms with Crippen molar-refractivity contribution < 1.29 is 19.7 Å². The molecule has 2 aliphatic rings. The first-order valence-electron chi connectivity index (χ1n) is 11.8.